The molecule has 0 amide bonds. The molecule has 0 aliphatic rings. The first-order valence-electron chi connectivity index (χ1n) is 20.8. The Morgan fingerprint density at radius 3 is 0.702 bits per heavy atom. The molecular weight excluding hydrogens is 703 g/mol. The monoisotopic (exact) mass is 778 g/mol. The maximum absolute atomic E-state index is 6.23. The second-order valence-electron chi connectivity index (χ2n) is 22.3. The Balaban J connectivity index is 2.05. The molecule has 1 aromatic heterocycles. The summed E-state index contributed by atoms with van der Waals surface area (Å²) in [6.45, 7) is 40.6. The second-order valence-corrected chi connectivity index (χ2v) is 22.3. The van der Waals surface area contributed by atoms with E-state index in [1.54, 1.807) is 21.3 Å². The highest BCUT2D eigenvalue weighted by molar-refractivity contribution is 5.53. The third-order valence-corrected chi connectivity index (χ3v) is 11.0. The third-order valence-electron chi connectivity index (χ3n) is 11.0. The van der Waals surface area contributed by atoms with E-state index < -0.39 is 0 Å². The molecule has 0 fully saturated rings. The van der Waals surface area contributed by atoms with E-state index in [0.29, 0.717) is 36.7 Å². The van der Waals surface area contributed by atoms with E-state index in [1.807, 2.05) is 0 Å². The predicted molar refractivity (Wildman–Crippen MR) is 239 cm³/mol. The van der Waals surface area contributed by atoms with Crippen LogP contribution >= 0.6 is 0 Å². The molecule has 0 unspecified atom stereocenters. The van der Waals surface area contributed by atoms with Gasteiger partial charge in [-0.3, -0.25) is 0 Å². The fourth-order valence-corrected chi connectivity index (χ4v) is 7.42. The Bertz CT molecular complexity index is 1820. The van der Waals surface area contributed by atoms with Crippen LogP contribution in [0.5, 0.6) is 17.2 Å². The molecule has 4 rings (SSSR count). The van der Waals surface area contributed by atoms with Gasteiger partial charge in [-0.15, -0.1) is 0 Å². The molecule has 57 heavy (non-hydrogen) atoms. The zero-order chi connectivity index (χ0) is 43.3. The Morgan fingerprint density at radius 1 is 0.333 bits per heavy atom. The van der Waals surface area contributed by atoms with Crippen LogP contribution in [0.2, 0.25) is 0 Å². The Morgan fingerprint density at radius 2 is 0.544 bits per heavy atom. The molecule has 0 aliphatic carbocycles. The van der Waals surface area contributed by atoms with E-state index in [-0.39, 0.29) is 32.5 Å². The lowest BCUT2D eigenvalue weighted by Crippen LogP contribution is -2.20. The van der Waals surface area contributed by atoms with Crippen LogP contribution in [0.25, 0.3) is 0 Å². The zero-order valence-corrected chi connectivity index (χ0v) is 39.7. The average molecular weight is 778 g/mol. The van der Waals surface area contributed by atoms with Gasteiger partial charge in [-0.25, -0.2) is 15.0 Å². The summed E-state index contributed by atoms with van der Waals surface area (Å²) in [5.74, 6) is 4.81. The lowest BCUT2D eigenvalue weighted by Gasteiger charge is -2.29. The van der Waals surface area contributed by atoms with Crippen molar-refractivity contribution in [3.63, 3.8) is 0 Å². The minimum Gasteiger partial charge on any atom is -0.496 e. The van der Waals surface area contributed by atoms with E-state index in [1.165, 1.54) is 33.4 Å². The first-order valence-corrected chi connectivity index (χ1v) is 20.8. The highest BCUT2D eigenvalue weighted by atomic mass is 16.5. The van der Waals surface area contributed by atoms with E-state index in [2.05, 4.69) is 161 Å². The van der Waals surface area contributed by atoms with Crippen molar-refractivity contribution in [2.75, 3.05) is 21.3 Å². The minimum atomic E-state index is -0.129. The van der Waals surface area contributed by atoms with Gasteiger partial charge in [-0.05, 0) is 49.2 Å². The molecular formula is C51H75N3O3. The van der Waals surface area contributed by atoms with Crippen molar-refractivity contribution in [2.24, 2.45) is 0 Å². The maximum atomic E-state index is 6.23. The molecule has 4 aromatic rings. The van der Waals surface area contributed by atoms with Crippen LogP contribution in [-0.2, 0) is 51.8 Å². The Kier molecular flexibility index (Phi) is 12.9. The van der Waals surface area contributed by atoms with Crippen LogP contribution in [0.3, 0.4) is 0 Å². The average Bonchev–Trinajstić information content (AvgIpc) is 3.04. The van der Waals surface area contributed by atoms with Crippen LogP contribution in [0, 0.1) is 0 Å². The number of ether oxygens (including phenoxy) is 3. The first kappa shape index (κ1) is 45.8. The third kappa shape index (κ3) is 10.8. The molecule has 312 valence electrons. The van der Waals surface area contributed by atoms with Gasteiger partial charge in [0.05, 0.1) is 21.3 Å². The standard InChI is InChI=1S/C51H75N3O3/c1-46(2,3)34-22-31(43(55-19)37(28-34)49(10,11)12)25-40-52-41(26-32-23-35(47(4,5)6)29-38(44(32)56-20)50(13,14)15)54-42(53-40)27-33-24-36(48(7,8)9)30-39(45(33)57-21)51(16,17)18/h22-24,28-30H,25-27H2,1-21H3. The van der Waals surface area contributed by atoms with Crippen LogP contribution in [0.15, 0.2) is 36.4 Å². The summed E-state index contributed by atoms with van der Waals surface area (Å²) in [5, 5.41) is 0. The van der Waals surface area contributed by atoms with Gasteiger partial charge in [0.1, 0.15) is 34.7 Å². The summed E-state index contributed by atoms with van der Waals surface area (Å²) in [6, 6.07) is 13.8. The van der Waals surface area contributed by atoms with Crippen molar-refractivity contribution in [2.45, 2.75) is 176 Å². The summed E-state index contributed by atoms with van der Waals surface area (Å²) >= 11 is 0. The molecule has 0 atom stereocenters. The Hall–Kier alpha value is -3.93. The van der Waals surface area contributed by atoms with Crippen molar-refractivity contribution in [1.29, 1.82) is 0 Å². The molecule has 3 aromatic carbocycles. The van der Waals surface area contributed by atoms with E-state index in [9.17, 15) is 0 Å². The number of aromatic nitrogens is 3. The lowest BCUT2D eigenvalue weighted by atomic mass is 9.78. The smallest absolute Gasteiger partial charge is 0.137 e. The number of hydrogen-bond donors (Lipinski definition) is 0. The van der Waals surface area contributed by atoms with Crippen molar-refractivity contribution in [3.05, 3.63) is 104 Å². The topological polar surface area (TPSA) is 66.4 Å². The highest BCUT2D eigenvalue weighted by Crippen LogP contribution is 2.42. The van der Waals surface area contributed by atoms with Crippen LogP contribution in [0.1, 0.15) is 192 Å². The summed E-state index contributed by atoms with van der Waals surface area (Å²) in [6.07, 6.45) is 1.49. The quantitative estimate of drug-likeness (QED) is 0.169. The number of rotatable bonds is 9. The van der Waals surface area contributed by atoms with Gasteiger partial charge in [0.25, 0.3) is 0 Å². The summed E-state index contributed by atoms with van der Waals surface area (Å²) < 4.78 is 18.7. The van der Waals surface area contributed by atoms with E-state index in [4.69, 9.17) is 29.2 Å². The van der Waals surface area contributed by atoms with E-state index >= 15 is 0 Å². The van der Waals surface area contributed by atoms with Crippen LogP contribution in [-0.4, -0.2) is 36.3 Å². The van der Waals surface area contributed by atoms with Crippen molar-refractivity contribution >= 4 is 0 Å². The summed E-state index contributed by atoms with van der Waals surface area (Å²) in [4.78, 5) is 15.8. The molecule has 0 spiro atoms. The molecule has 0 aliphatic heterocycles. The molecule has 0 saturated carbocycles. The number of benzene rings is 3. The fourth-order valence-electron chi connectivity index (χ4n) is 7.42. The predicted octanol–water partition coefficient (Wildman–Crippen LogP) is 12.5. The number of nitrogens with zero attached hydrogens (tertiary/aromatic N) is 3. The Labute approximate surface area is 347 Å². The highest BCUT2D eigenvalue weighted by Gasteiger charge is 2.30. The van der Waals surface area contributed by atoms with Gasteiger partial charge < -0.3 is 14.2 Å². The summed E-state index contributed by atoms with van der Waals surface area (Å²) in [5.41, 5.74) is 9.96. The van der Waals surface area contributed by atoms with Gasteiger partial charge in [0.2, 0.25) is 0 Å². The largest absolute Gasteiger partial charge is 0.496 e. The van der Waals surface area contributed by atoms with Crippen LogP contribution in [0.4, 0.5) is 0 Å². The molecule has 0 bridgehead atoms. The normalized spacial score (nSPS) is 13.2. The van der Waals surface area contributed by atoms with Gasteiger partial charge in [0, 0.05) is 52.6 Å². The van der Waals surface area contributed by atoms with Crippen molar-refractivity contribution < 1.29 is 14.2 Å². The fraction of sp³-hybridized carbons (Fsp3) is 0.588. The number of hydrogen-bond acceptors (Lipinski definition) is 6. The molecule has 1 heterocycles. The second kappa shape index (κ2) is 16.0. The van der Waals surface area contributed by atoms with Crippen molar-refractivity contribution in [1.82, 2.24) is 15.0 Å². The van der Waals surface area contributed by atoms with Crippen molar-refractivity contribution in [3.8, 4) is 17.2 Å². The van der Waals surface area contributed by atoms with Gasteiger partial charge in [0.15, 0.2) is 0 Å². The lowest BCUT2D eigenvalue weighted by molar-refractivity contribution is 0.391. The SMILES string of the molecule is COc1c(Cc2nc(Cc3cc(C(C)(C)C)cc(C(C)(C)C)c3OC)nc(Cc3cc(C(C)(C)C)cc(C(C)(C)C)c3OC)n2)cc(C(C)(C)C)cc1C(C)(C)C. The zero-order valence-electron chi connectivity index (χ0n) is 39.7. The maximum Gasteiger partial charge on any atom is 0.137 e. The molecule has 0 radical (unpaired) electrons. The minimum absolute atomic E-state index is 0.0603. The summed E-state index contributed by atoms with van der Waals surface area (Å²) in [7, 11) is 5.33. The van der Waals surface area contributed by atoms with Gasteiger partial charge in [-0.2, -0.15) is 0 Å². The molecule has 0 saturated heterocycles. The molecule has 6 nitrogen and oxygen atoms in total. The van der Waals surface area contributed by atoms with Gasteiger partial charge >= 0.3 is 0 Å². The van der Waals surface area contributed by atoms with Crippen LogP contribution < -0.4 is 14.2 Å². The number of methoxy groups -OCH3 is 3. The first-order chi connectivity index (χ1) is 25.9. The molecule has 0 N–H and O–H groups in total. The van der Waals surface area contributed by atoms with E-state index in [0.717, 1.165) is 33.9 Å². The molecule has 6 heteroatoms. The van der Waals surface area contributed by atoms with Gasteiger partial charge in [-0.1, -0.05) is 161 Å².